The highest BCUT2D eigenvalue weighted by Gasteiger charge is 2.59. The topological polar surface area (TPSA) is 53.4 Å². The number of benzene rings is 2. The molecule has 2 aromatic carbocycles. The molecule has 1 aromatic heterocycles. The molecule has 152 valence electrons. The van der Waals surface area contributed by atoms with Crippen LogP contribution >= 0.6 is 0 Å². The minimum absolute atomic E-state index is 0.0233. The molecule has 4 heteroatoms. The number of aliphatic hydroxyl groups is 1. The number of rotatable bonds is 3. The van der Waals surface area contributed by atoms with Crippen LogP contribution in [-0.2, 0) is 11.2 Å². The van der Waals surface area contributed by atoms with Gasteiger partial charge < -0.3 is 10.0 Å². The van der Waals surface area contributed by atoms with Gasteiger partial charge in [-0.3, -0.25) is 9.78 Å². The normalized spacial score (nSPS) is 29.1. The molecule has 2 aliphatic carbocycles. The van der Waals surface area contributed by atoms with Crippen molar-refractivity contribution in [3.8, 4) is 11.1 Å². The zero-order valence-corrected chi connectivity index (χ0v) is 17.2. The molecule has 1 N–H and O–H groups in total. The number of pyridine rings is 1. The molecular formula is C26H26N2O2. The Bertz CT molecular complexity index is 1140. The molecular weight excluding hydrogens is 372 g/mol. The summed E-state index contributed by atoms with van der Waals surface area (Å²) in [4.78, 5) is 20.3. The van der Waals surface area contributed by atoms with E-state index in [2.05, 4.69) is 18.2 Å². The van der Waals surface area contributed by atoms with E-state index >= 15 is 0 Å². The van der Waals surface area contributed by atoms with Crippen molar-refractivity contribution >= 4 is 16.8 Å². The molecule has 1 amide bonds. The largest absolute Gasteiger partial charge is 0.391 e. The van der Waals surface area contributed by atoms with Crippen molar-refractivity contribution in [1.82, 2.24) is 9.88 Å². The Balaban J connectivity index is 1.42. The summed E-state index contributed by atoms with van der Waals surface area (Å²) in [5.41, 5.74) is 5.10. The Hall–Kier alpha value is -2.72. The maximum absolute atomic E-state index is 13.5. The van der Waals surface area contributed by atoms with Crippen LogP contribution in [0.1, 0.15) is 24.1 Å². The Morgan fingerprint density at radius 2 is 1.83 bits per heavy atom. The van der Waals surface area contributed by atoms with E-state index < -0.39 is 0 Å². The third-order valence-corrected chi connectivity index (χ3v) is 7.76. The van der Waals surface area contributed by atoms with Crippen LogP contribution in [0.4, 0.5) is 0 Å². The molecule has 0 radical (unpaired) electrons. The predicted molar refractivity (Wildman–Crippen MR) is 117 cm³/mol. The number of aryl methyl sites for hydroxylation is 1. The van der Waals surface area contributed by atoms with E-state index in [0.29, 0.717) is 24.2 Å². The molecule has 3 aromatic rings. The van der Waals surface area contributed by atoms with Gasteiger partial charge in [-0.15, -0.1) is 0 Å². The fourth-order valence-corrected chi connectivity index (χ4v) is 6.48. The van der Waals surface area contributed by atoms with Gasteiger partial charge in [0.05, 0.1) is 24.1 Å². The SMILES string of the molecule is Cc1nc2ccccc2c(-c2ccccc2)c1CC(=O)N1CC2CC3CC2C1C3O. The highest BCUT2D eigenvalue weighted by Crippen LogP contribution is 2.55. The lowest BCUT2D eigenvalue weighted by Crippen LogP contribution is -2.44. The van der Waals surface area contributed by atoms with E-state index in [4.69, 9.17) is 4.98 Å². The number of aliphatic hydroxyl groups excluding tert-OH is 1. The second-order valence-corrected chi connectivity index (χ2v) is 9.29. The van der Waals surface area contributed by atoms with Crippen molar-refractivity contribution < 1.29 is 9.90 Å². The number of nitrogens with zero attached hydrogens (tertiary/aromatic N) is 2. The van der Waals surface area contributed by atoms with Gasteiger partial charge in [0, 0.05) is 17.6 Å². The molecule has 2 heterocycles. The van der Waals surface area contributed by atoms with Crippen molar-refractivity contribution in [2.75, 3.05) is 6.54 Å². The molecule has 2 bridgehead atoms. The van der Waals surface area contributed by atoms with E-state index in [1.54, 1.807) is 0 Å². The van der Waals surface area contributed by atoms with Crippen LogP contribution < -0.4 is 0 Å². The summed E-state index contributed by atoms with van der Waals surface area (Å²) in [6, 6.07) is 18.5. The van der Waals surface area contributed by atoms with Crippen LogP contribution in [0.25, 0.3) is 22.0 Å². The van der Waals surface area contributed by atoms with Gasteiger partial charge in [-0.2, -0.15) is 0 Å². The van der Waals surface area contributed by atoms with Crippen LogP contribution in [0.15, 0.2) is 54.6 Å². The Kier molecular flexibility index (Phi) is 4.00. The molecule has 1 saturated heterocycles. The van der Waals surface area contributed by atoms with Gasteiger partial charge in [0.15, 0.2) is 0 Å². The fourth-order valence-electron chi connectivity index (χ4n) is 6.48. The second kappa shape index (κ2) is 6.64. The Labute approximate surface area is 176 Å². The van der Waals surface area contributed by atoms with E-state index in [0.717, 1.165) is 52.7 Å². The minimum Gasteiger partial charge on any atom is -0.391 e. The second-order valence-electron chi connectivity index (χ2n) is 9.29. The number of hydrogen-bond donors (Lipinski definition) is 1. The molecule has 6 rings (SSSR count). The van der Waals surface area contributed by atoms with E-state index in [9.17, 15) is 9.90 Å². The minimum atomic E-state index is -0.345. The third kappa shape index (κ3) is 2.56. The van der Waals surface area contributed by atoms with E-state index in [1.165, 1.54) is 0 Å². The van der Waals surface area contributed by atoms with Crippen LogP contribution in [0, 0.1) is 24.7 Å². The van der Waals surface area contributed by atoms with Gasteiger partial charge in [0.25, 0.3) is 0 Å². The summed E-state index contributed by atoms with van der Waals surface area (Å²) in [5.74, 6) is 1.60. The van der Waals surface area contributed by atoms with Gasteiger partial charge in [0.2, 0.25) is 5.91 Å². The van der Waals surface area contributed by atoms with Crippen molar-refractivity contribution in [2.24, 2.45) is 17.8 Å². The third-order valence-electron chi connectivity index (χ3n) is 7.76. The predicted octanol–water partition coefficient (Wildman–Crippen LogP) is 3.98. The average Bonchev–Trinajstić information content (AvgIpc) is 3.38. The Morgan fingerprint density at radius 3 is 2.63 bits per heavy atom. The molecule has 3 aliphatic rings. The van der Waals surface area contributed by atoms with Crippen molar-refractivity contribution in [1.29, 1.82) is 0 Å². The molecule has 0 spiro atoms. The van der Waals surface area contributed by atoms with E-state index in [-0.39, 0.29) is 18.1 Å². The quantitative estimate of drug-likeness (QED) is 0.726. The highest BCUT2D eigenvalue weighted by atomic mass is 16.3. The number of para-hydroxylation sites is 1. The first-order valence-electron chi connectivity index (χ1n) is 11.0. The van der Waals surface area contributed by atoms with Gasteiger partial charge in [-0.05, 0) is 60.3 Å². The summed E-state index contributed by atoms with van der Waals surface area (Å²) >= 11 is 0. The number of amides is 1. The monoisotopic (exact) mass is 398 g/mol. The first-order valence-corrected chi connectivity index (χ1v) is 11.0. The first-order chi connectivity index (χ1) is 14.6. The summed E-state index contributed by atoms with van der Waals surface area (Å²) in [6.07, 6.45) is 2.16. The van der Waals surface area contributed by atoms with Gasteiger partial charge >= 0.3 is 0 Å². The number of aromatic nitrogens is 1. The number of fused-ring (bicyclic) bond motifs is 2. The average molecular weight is 399 g/mol. The van der Waals surface area contributed by atoms with Crippen LogP contribution in [0.5, 0.6) is 0 Å². The summed E-state index contributed by atoms with van der Waals surface area (Å²) in [6.45, 7) is 2.82. The standard InChI is InChI=1S/C26H26N2O2/c1-15-20(13-23(29)28-14-18-11-17-12-21(18)25(28)26(17)30)24(16-7-3-2-4-8-16)19-9-5-6-10-22(19)27-15/h2-10,17-18,21,25-26,30H,11-14H2,1H3. The first kappa shape index (κ1) is 18.1. The fraction of sp³-hybridized carbons (Fsp3) is 0.385. The highest BCUT2D eigenvalue weighted by molar-refractivity contribution is 5.98. The summed E-state index contributed by atoms with van der Waals surface area (Å²) in [7, 11) is 0. The molecule has 5 unspecified atom stereocenters. The lowest BCUT2D eigenvalue weighted by Gasteiger charge is -2.29. The molecule has 2 saturated carbocycles. The smallest absolute Gasteiger partial charge is 0.227 e. The van der Waals surface area contributed by atoms with Crippen molar-refractivity contribution in [2.45, 2.75) is 38.3 Å². The molecule has 4 nitrogen and oxygen atoms in total. The zero-order valence-electron chi connectivity index (χ0n) is 17.2. The van der Waals surface area contributed by atoms with Gasteiger partial charge in [-0.1, -0.05) is 48.5 Å². The van der Waals surface area contributed by atoms with Crippen molar-refractivity contribution in [3.05, 3.63) is 65.9 Å². The van der Waals surface area contributed by atoms with Crippen molar-refractivity contribution in [3.63, 3.8) is 0 Å². The van der Waals surface area contributed by atoms with E-state index in [1.807, 2.05) is 48.2 Å². The number of likely N-dealkylation sites (tertiary alicyclic amines) is 1. The van der Waals surface area contributed by atoms with Crippen LogP contribution in [0.3, 0.4) is 0 Å². The Morgan fingerprint density at radius 1 is 1.07 bits per heavy atom. The maximum Gasteiger partial charge on any atom is 0.227 e. The molecule has 5 atom stereocenters. The van der Waals surface area contributed by atoms with Crippen LogP contribution in [0.2, 0.25) is 0 Å². The lowest BCUT2D eigenvalue weighted by molar-refractivity contribution is -0.133. The van der Waals surface area contributed by atoms with Crippen LogP contribution in [-0.4, -0.2) is 39.6 Å². The summed E-state index contributed by atoms with van der Waals surface area (Å²) in [5, 5.41) is 11.8. The van der Waals surface area contributed by atoms with Gasteiger partial charge in [-0.25, -0.2) is 0 Å². The lowest BCUT2D eigenvalue weighted by atomic mass is 9.88. The molecule has 30 heavy (non-hydrogen) atoms. The molecule has 3 fully saturated rings. The summed E-state index contributed by atoms with van der Waals surface area (Å²) < 4.78 is 0. The molecule has 1 aliphatic heterocycles. The number of hydrogen-bond acceptors (Lipinski definition) is 3. The number of carbonyl (C=O) groups is 1. The number of carbonyl (C=O) groups excluding carboxylic acids is 1. The van der Waals surface area contributed by atoms with Gasteiger partial charge in [0.1, 0.15) is 0 Å². The zero-order chi connectivity index (χ0) is 20.4. The maximum atomic E-state index is 13.5.